The van der Waals surface area contributed by atoms with Crippen LogP contribution in [0, 0.1) is 12.7 Å². The van der Waals surface area contributed by atoms with Gasteiger partial charge in [0.1, 0.15) is 24.0 Å². The van der Waals surface area contributed by atoms with E-state index < -0.39 is 0 Å². The van der Waals surface area contributed by atoms with Crippen LogP contribution in [0.5, 0.6) is 5.75 Å². The molecule has 3 aromatic heterocycles. The monoisotopic (exact) mass is 469 g/mol. The maximum Gasteiger partial charge on any atom is 0.226 e. The number of nitrogens with one attached hydrogen (secondary N) is 1. The average molecular weight is 469 g/mol. The molecule has 35 heavy (non-hydrogen) atoms. The second-order valence-electron chi connectivity index (χ2n) is 8.32. The molecule has 0 radical (unpaired) electrons. The third-order valence-electron chi connectivity index (χ3n) is 6.08. The van der Waals surface area contributed by atoms with E-state index in [4.69, 9.17) is 4.74 Å². The summed E-state index contributed by atoms with van der Waals surface area (Å²) in [5, 5.41) is 20.1. The lowest BCUT2D eigenvalue weighted by Gasteiger charge is -2.23. The molecule has 6 rings (SSSR count). The Morgan fingerprint density at radius 3 is 2.74 bits per heavy atom. The minimum atomic E-state index is -0.296. The second kappa shape index (κ2) is 8.32. The zero-order valence-corrected chi connectivity index (χ0v) is 18.7. The summed E-state index contributed by atoms with van der Waals surface area (Å²) >= 11 is 0. The predicted octanol–water partition coefficient (Wildman–Crippen LogP) is 3.81. The van der Waals surface area contributed by atoms with Gasteiger partial charge >= 0.3 is 0 Å². The van der Waals surface area contributed by atoms with Crippen LogP contribution >= 0.6 is 0 Å². The van der Waals surface area contributed by atoms with Gasteiger partial charge in [0.25, 0.3) is 0 Å². The molecule has 1 atom stereocenters. The molecule has 5 aromatic rings. The molecular weight excluding hydrogens is 449 g/mol. The Hall–Kier alpha value is -4.60. The van der Waals surface area contributed by atoms with Crippen LogP contribution in [0.3, 0.4) is 0 Å². The van der Waals surface area contributed by atoms with Gasteiger partial charge in [0.15, 0.2) is 17.3 Å². The maximum absolute atomic E-state index is 13.8. The number of ether oxygens (including phenoxy) is 1. The van der Waals surface area contributed by atoms with Gasteiger partial charge in [-0.2, -0.15) is 14.3 Å². The maximum atomic E-state index is 13.8. The average Bonchev–Trinajstić information content (AvgIpc) is 3.46. The number of anilines is 1. The Balaban J connectivity index is 1.27. The van der Waals surface area contributed by atoms with Gasteiger partial charge in [-0.15, -0.1) is 15.3 Å². The van der Waals surface area contributed by atoms with Gasteiger partial charge in [0.05, 0.1) is 6.20 Å². The van der Waals surface area contributed by atoms with Crippen LogP contribution in [0.1, 0.15) is 34.9 Å². The van der Waals surface area contributed by atoms with Gasteiger partial charge in [0.2, 0.25) is 5.91 Å². The molecule has 0 saturated heterocycles. The fourth-order valence-corrected chi connectivity index (χ4v) is 4.26. The number of aryl methyl sites for hydroxylation is 1. The van der Waals surface area contributed by atoms with Crippen molar-refractivity contribution in [2.75, 3.05) is 5.32 Å². The summed E-state index contributed by atoms with van der Waals surface area (Å²) < 4.78 is 22.8. The Labute approximate surface area is 199 Å². The number of halogens is 1. The zero-order valence-electron chi connectivity index (χ0n) is 18.7. The van der Waals surface area contributed by atoms with E-state index in [1.165, 1.54) is 6.07 Å². The van der Waals surface area contributed by atoms with E-state index >= 15 is 0 Å². The van der Waals surface area contributed by atoms with Crippen molar-refractivity contribution in [2.45, 2.75) is 25.9 Å². The SMILES string of the molecule is Cc1nnc2ccc(-n3ncc4c3NC(=O)CC4c3ccc(OCc4ccccc4F)cc3)nn12. The lowest BCUT2D eigenvalue weighted by atomic mass is 9.87. The topological polar surface area (TPSA) is 99.2 Å². The van der Waals surface area contributed by atoms with Gasteiger partial charge in [0, 0.05) is 23.5 Å². The van der Waals surface area contributed by atoms with Crippen LogP contribution in [0.15, 0.2) is 66.9 Å². The molecule has 0 spiro atoms. The Morgan fingerprint density at radius 1 is 1.09 bits per heavy atom. The smallest absolute Gasteiger partial charge is 0.226 e. The molecule has 1 aliphatic rings. The minimum absolute atomic E-state index is 0.106. The van der Waals surface area contributed by atoms with E-state index in [0.717, 1.165) is 11.1 Å². The number of carbonyl (C=O) groups excluding carboxylic acids is 1. The van der Waals surface area contributed by atoms with E-state index in [9.17, 15) is 9.18 Å². The summed E-state index contributed by atoms with van der Waals surface area (Å²) in [5.41, 5.74) is 2.97. The Morgan fingerprint density at radius 2 is 1.91 bits per heavy atom. The summed E-state index contributed by atoms with van der Waals surface area (Å²) in [5.74, 6) is 1.83. The van der Waals surface area contributed by atoms with Crippen LogP contribution in [-0.4, -0.2) is 35.5 Å². The Bertz CT molecular complexity index is 1560. The molecule has 174 valence electrons. The molecule has 1 unspecified atom stereocenters. The fourth-order valence-electron chi connectivity index (χ4n) is 4.26. The molecule has 4 heterocycles. The van der Waals surface area contributed by atoms with E-state index in [0.29, 0.717) is 40.8 Å². The summed E-state index contributed by atoms with van der Waals surface area (Å²) in [4.78, 5) is 12.6. The summed E-state index contributed by atoms with van der Waals surface area (Å²) in [6.45, 7) is 1.95. The second-order valence-corrected chi connectivity index (χ2v) is 8.32. The van der Waals surface area contributed by atoms with Crippen LogP contribution < -0.4 is 10.1 Å². The highest BCUT2D eigenvalue weighted by Crippen LogP contribution is 2.38. The molecular formula is C25H20FN7O2. The van der Waals surface area contributed by atoms with Gasteiger partial charge in [-0.25, -0.2) is 4.39 Å². The number of amides is 1. The van der Waals surface area contributed by atoms with Crippen molar-refractivity contribution in [3.63, 3.8) is 0 Å². The van der Waals surface area contributed by atoms with Crippen LogP contribution in [0.2, 0.25) is 0 Å². The first kappa shape index (κ1) is 21.0. The lowest BCUT2D eigenvalue weighted by molar-refractivity contribution is -0.116. The normalized spacial score (nSPS) is 15.1. The van der Waals surface area contributed by atoms with E-state index in [1.807, 2.05) is 31.2 Å². The van der Waals surface area contributed by atoms with Crippen LogP contribution in [0.25, 0.3) is 11.5 Å². The quantitative estimate of drug-likeness (QED) is 0.420. The molecule has 0 aliphatic carbocycles. The molecule has 10 heteroatoms. The third kappa shape index (κ3) is 3.78. The largest absolute Gasteiger partial charge is 0.489 e. The van der Waals surface area contributed by atoms with Gasteiger partial charge < -0.3 is 10.1 Å². The van der Waals surface area contributed by atoms with Crippen molar-refractivity contribution in [1.29, 1.82) is 0 Å². The first-order chi connectivity index (χ1) is 17.1. The summed E-state index contributed by atoms with van der Waals surface area (Å²) in [6.07, 6.45) is 2.05. The standard InChI is InChI=1S/C25H20FN7O2/c1-15-29-30-22-10-11-23(31-32(15)22)33-25-20(13-27-33)19(12-24(34)28-25)16-6-8-18(9-7-16)35-14-17-4-2-3-5-21(17)26/h2-11,13,19H,12,14H2,1H3,(H,28,34). The highest BCUT2D eigenvalue weighted by molar-refractivity contribution is 5.94. The van der Waals surface area contributed by atoms with Crippen molar-refractivity contribution in [3.05, 3.63) is 95.2 Å². The molecule has 1 N–H and O–H groups in total. The molecule has 0 bridgehead atoms. The fraction of sp³-hybridized carbons (Fsp3) is 0.160. The van der Waals surface area contributed by atoms with E-state index in [1.54, 1.807) is 45.7 Å². The van der Waals surface area contributed by atoms with Crippen LogP contribution in [0.4, 0.5) is 10.2 Å². The third-order valence-corrected chi connectivity index (χ3v) is 6.08. The number of aromatic nitrogens is 6. The number of benzene rings is 2. The van der Waals surface area contributed by atoms with Crippen molar-refractivity contribution in [3.8, 4) is 11.6 Å². The van der Waals surface area contributed by atoms with Gasteiger partial charge in [-0.1, -0.05) is 30.3 Å². The van der Waals surface area contributed by atoms with E-state index in [-0.39, 0.29) is 24.2 Å². The zero-order chi connectivity index (χ0) is 23.9. The van der Waals surface area contributed by atoms with Crippen LogP contribution in [-0.2, 0) is 11.4 Å². The highest BCUT2D eigenvalue weighted by atomic mass is 19.1. The Kier molecular flexibility index (Phi) is 4.98. The molecule has 9 nitrogen and oxygen atoms in total. The number of rotatable bonds is 5. The van der Waals surface area contributed by atoms with Gasteiger partial charge in [-0.05, 0) is 42.8 Å². The lowest BCUT2D eigenvalue weighted by Crippen LogP contribution is -2.24. The predicted molar refractivity (Wildman–Crippen MR) is 125 cm³/mol. The first-order valence-electron chi connectivity index (χ1n) is 11.1. The number of nitrogens with zero attached hydrogens (tertiary/aromatic N) is 6. The highest BCUT2D eigenvalue weighted by Gasteiger charge is 2.30. The molecule has 1 amide bonds. The number of fused-ring (bicyclic) bond motifs is 2. The molecule has 2 aromatic carbocycles. The first-order valence-corrected chi connectivity index (χ1v) is 11.1. The summed E-state index contributed by atoms with van der Waals surface area (Å²) in [7, 11) is 0. The number of hydrogen-bond donors (Lipinski definition) is 1. The van der Waals surface area contributed by atoms with Crippen molar-refractivity contribution < 1.29 is 13.9 Å². The van der Waals surface area contributed by atoms with Crippen molar-refractivity contribution in [2.24, 2.45) is 0 Å². The summed E-state index contributed by atoms with van der Waals surface area (Å²) in [6, 6.07) is 17.6. The minimum Gasteiger partial charge on any atom is -0.489 e. The number of hydrogen-bond acceptors (Lipinski definition) is 6. The van der Waals surface area contributed by atoms with E-state index in [2.05, 4.69) is 25.7 Å². The molecule has 1 aliphatic heterocycles. The van der Waals surface area contributed by atoms with Gasteiger partial charge in [-0.3, -0.25) is 4.79 Å². The molecule has 0 saturated carbocycles. The number of carbonyl (C=O) groups is 1. The van der Waals surface area contributed by atoms with Crippen molar-refractivity contribution >= 4 is 17.4 Å². The van der Waals surface area contributed by atoms with Crippen molar-refractivity contribution in [1.82, 2.24) is 29.6 Å². The molecule has 0 fully saturated rings.